The lowest BCUT2D eigenvalue weighted by molar-refractivity contribution is 0.445. The van der Waals surface area contributed by atoms with Crippen LogP contribution in [-0.4, -0.2) is 0 Å². The summed E-state index contributed by atoms with van der Waals surface area (Å²) < 4.78 is 2.62. The summed E-state index contributed by atoms with van der Waals surface area (Å²) in [5.74, 6) is 0.603. The second-order valence-corrected chi connectivity index (χ2v) is 16.6. The van der Waals surface area contributed by atoms with Crippen LogP contribution < -0.4 is 4.90 Å². The molecule has 7 aromatic carbocycles. The summed E-state index contributed by atoms with van der Waals surface area (Å²) in [7, 11) is 0. The van der Waals surface area contributed by atoms with E-state index in [0.29, 0.717) is 5.92 Å². The Morgan fingerprint density at radius 3 is 1.88 bits per heavy atom. The van der Waals surface area contributed by atoms with Gasteiger partial charge in [-0.2, -0.15) is 0 Å². The van der Waals surface area contributed by atoms with Crippen LogP contribution in [0.1, 0.15) is 69.9 Å². The molecule has 0 unspecified atom stereocenters. The van der Waals surface area contributed by atoms with Gasteiger partial charge < -0.3 is 4.90 Å². The molecule has 52 heavy (non-hydrogen) atoms. The van der Waals surface area contributed by atoms with Crippen molar-refractivity contribution in [2.24, 2.45) is 0 Å². The van der Waals surface area contributed by atoms with Gasteiger partial charge in [-0.3, -0.25) is 0 Å². The fourth-order valence-corrected chi connectivity index (χ4v) is 9.81. The average molecular weight is 692 g/mol. The zero-order valence-electron chi connectivity index (χ0n) is 30.4. The van der Waals surface area contributed by atoms with Crippen LogP contribution in [-0.2, 0) is 5.41 Å². The molecule has 1 heterocycles. The summed E-state index contributed by atoms with van der Waals surface area (Å²) in [6.07, 6.45) is 6.54. The predicted molar refractivity (Wildman–Crippen MR) is 227 cm³/mol. The molecule has 0 atom stereocenters. The maximum Gasteiger partial charge on any atom is 0.0640 e. The minimum absolute atomic E-state index is 0.0920. The first-order valence-corrected chi connectivity index (χ1v) is 19.8. The lowest BCUT2D eigenvalue weighted by atomic mass is 9.80. The van der Waals surface area contributed by atoms with Crippen LogP contribution in [0.25, 0.3) is 53.2 Å². The topological polar surface area (TPSA) is 3.24 Å². The van der Waals surface area contributed by atoms with Crippen molar-refractivity contribution in [3.63, 3.8) is 0 Å². The number of fused-ring (bicyclic) bond motifs is 4. The third-order valence-corrected chi connectivity index (χ3v) is 12.5. The van der Waals surface area contributed by atoms with E-state index in [1.165, 1.54) is 113 Å². The number of para-hydroxylation sites is 2. The highest BCUT2D eigenvalue weighted by molar-refractivity contribution is 7.26. The standard InChI is InChI=1S/C50H45NS/c1-50(2,3)37-32-30-35(31-33-37)38-20-7-10-26-44(38)51(46-28-15-25-43-41-22-9-12-29-47(41)52-49(43)46)45-27-11-8-21-40(45)42-24-14-19-36-18-13-23-39(48(36)42)34-16-5-4-6-17-34/h7-15,18-34H,4-6,16-17H2,1-3H3. The van der Waals surface area contributed by atoms with Gasteiger partial charge in [0.15, 0.2) is 0 Å². The third kappa shape index (κ3) is 5.80. The van der Waals surface area contributed by atoms with E-state index in [9.17, 15) is 0 Å². The van der Waals surface area contributed by atoms with E-state index in [1.807, 2.05) is 11.3 Å². The summed E-state index contributed by atoms with van der Waals surface area (Å²) in [5, 5.41) is 5.36. The highest BCUT2D eigenvalue weighted by Crippen LogP contribution is 2.50. The van der Waals surface area contributed by atoms with E-state index >= 15 is 0 Å². The van der Waals surface area contributed by atoms with E-state index in [4.69, 9.17) is 0 Å². The first-order valence-electron chi connectivity index (χ1n) is 19.0. The highest BCUT2D eigenvalue weighted by Gasteiger charge is 2.26. The van der Waals surface area contributed by atoms with Gasteiger partial charge >= 0.3 is 0 Å². The molecule has 0 bridgehead atoms. The van der Waals surface area contributed by atoms with Gasteiger partial charge in [0.2, 0.25) is 0 Å². The van der Waals surface area contributed by atoms with Crippen molar-refractivity contribution in [1.82, 2.24) is 0 Å². The normalized spacial score (nSPS) is 14.0. The van der Waals surface area contributed by atoms with E-state index in [0.717, 1.165) is 0 Å². The number of hydrogen-bond acceptors (Lipinski definition) is 2. The molecule has 1 fully saturated rings. The fraction of sp³-hybridized carbons (Fsp3) is 0.200. The number of benzene rings is 7. The second-order valence-electron chi connectivity index (χ2n) is 15.5. The zero-order valence-corrected chi connectivity index (χ0v) is 31.2. The highest BCUT2D eigenvalue weighted by atomic mass is 32.1. The number of nitrogens with zero attached hydrogens (tertiary/aromatic N) is 1. The minimum atomic E-state index is 0.0920. The van der Waals surface area contributed by atoms with Crippen LogP contribution in [0, 0.1) is 0 Å². The molecule has 0 radical (unpaired) electrons. The summed E-state index contributed by atoms with van der Waals surface area (Å²) in [6.45, 7) is 6.85. The molecular formula is C50H45NS. The van der Waals surface area contributed by atoms with Crippen LogP contribution in [0.4, 0.5) is 17.1 Å². The number of thiophene rings is 1. The summed E-state index contributed by atoms with van der Waals surface area (Å²) in [6, 6.07) is 57.0. The molecule has 1 aromatic heterocycles. The predicted octanol–water partition coefficient (Wildman–Crippen LogP) is 15.4. The van der Waals surface area contributed by atoms with Crippen molar-refractivity contribution in [3.8, 4) is 22.3 Å². The van der Waals surface area contributed by atoms with Gasteiger partial charge in [-0.25, -0.2) is 0 Å². The first kappa shape index (κ1) is 32.7. The van der Waals surface area contributed by atoms with Crippen molar-refractivity contribution >= 4 is 59.3 Å². The summed E-state index contributed by atoms with van der Waals surface area (Å²) in [4.78, 5) is 2.56. The Morgan fingerprint density at radius 2 is 1.12 bits per heavy atom. The molecule has 2 heteroatoms. The van der Waals surface area contributed by atoms with Crippen LogP contribution in [0.2, 0.25) is 0 Å². The SMILES string of the molecule is CC(C)(C)c1ccc(-c2ccccc2N(c2ccccc2-c2cccc3cccc(C4CCCCC4)c23)c2cccc3c2sc2ccccc23)cc1. The van der Waals surface area contributed by atoms with Crippen molar-refractivity contribution in [2.75, 3.05) is 4.90 Å². The summed E-state index contributed by atoms with van der Waals surface area (Å²) >= 11 is 1.90. The Labute approximate surface area is 312 Å². The molecule has 0 saturated heterocycles. The second kappa shape index (κ2) is 13.4. The molecular weight excluding hydrogens is 647 g/mol. The van der Waals surface area contributed by atoms with E-state index in [1.54, 1.807) is 0 Å². The first-order chi connectivity index (χ1) is 25.5. The average Bonchev–Trinajstić information content (AvgIpc) is 3.58. The molecule has 8 aromatic rings. The van der Waals surface area contributed by atoms with Gasteiger partial charge in [-0.05, 0) is 81.5 Å². The van der Waals surface area contributed by atoms with Gasteiger partial charge in [0.05, 0.1) is 21.8 Å². The van der Waals surface area contributed by atoms with Gasteiger partial charge in [0, 0.05) is 26.6 Å². The lowest BCUT2D eigenvalue weighted by Gasteiger charge is -2.31. The number of hydrogen-bond donors (Lipinski definition) is 0. The van der Waals surface area contributed by atoms with Gasteiger partial charge in [-0.15, -0.1) is 11.3 Å². The van der Waals surface area contributed by atoms with Crippen LogP contribution in [0.15, 0.2) is 152 Å². The van der Waals surface area contributed by atoms with Crippen molar-refractivity contribution in [3.05, 3.63) is 163 Å². The monoisotopic (exact) mass is 691 g/mol. The van der Waals surface area contributed by atoms with Crippen molar-refractivity contribution in [1.29, 1.82) is 0 Å². The smallest absolute Gasteiger partial charge is 0.0640 e. The molecule has 256 valence electrons. The lowest BCUT2D eigenvalue weighted by Crippen LogP contribution is -2.13. The largest absolute Gasteiger partial charge is 0.308 e. The van der Waals surface area contributed by atoms with Gasteiger partial charge in [0.25, 0.3) is 0 Å². The number of anilines is 3. The maximum absolute atomic E-state index is 2.56. The fourth-order valence-electron chi connectivity index (χ4n) is 8.60. The van der Waals surface area contributed by atoms with E-state index in [-0.39, 0.29) is 5.41 Å². The van der Waals surface area contributed by atoms with Gasteiger partial charge in [0.1, 0.15) is 0 Å². The molecule has 9 rings (SSSR count). The molecule has 0 aliphatic heterocycles. The maximum atomic E-state index is 2.56. The molecule has 1 aliphatic carbocycles. The minimum Gasteiger partial charge on any atom is -0.308 e. The van der Waals surface area contributed by atoms with Crippen molar-refractivity contribution < 1.29 is 0 Å². The summed E-state index contributed by atoms with van der Waals surface area (Å²) in [5.41, 5.74) is 11.5. The van der Waals surface area contributed by atoms with E-state index in [2.05, 4.69) is 177 Å². The quantitative estimate of drug-likeness (QED) is 0.168. The van der Waals surface area contributed by atoms with Gasteiger partial charge in [-0.1, -0.05) is 167 Å². The zero-order chi connectivity index (χ0) is 35.2. The van der Waals surface area contributed by atoms with Crippen LogP contribution >= 0.6 is 11.3 Å². The van der Waals surface area contributed by atoms with Crippen LogP contribution in [0.5, 0.6) is 0 Å². The Hall–Kier alpha value is -5.18. The molecule has 1 saturated carbocycles. The Kier molecular flexibility index (Phi) is 8.44. The molecule has 0 spiro atoms. The Morgan fingerprint density at radius 1 is 0.519 bits per heavy atom. The van der Waals surface area contributed by atoms with E-state index < -0.39 is 0 Å². The Balaban J connectivity index is 1.32. The Bertz CT molecular complexity index is 2540. The molecule has 1 nitrogen and oxygen atoms in total. The third-order valence-electron chi connectivity index (χ3n) is 11.2. The van der Waals surface area contributed by atoms with Crippen LogP contribution in [0.3, 0.4) is 0 Å². The molecule has 0 N–H and O–H groups in total. The molecule has 1 aliphatic rings. The number of rotatable bonds is 6. The van der Waals surface area contributed by atoms with Crippen molar-refractivity contribution in [2.45, 2.75) is 64.2 Å². The molecule has 0 amide bonds.